The van der Waals surface area contributed by atoms with Crippen LogP contribution in [-0.2, 0) is 9.53 Å². The fraction of sp³-hybridized carbons (Fsp3) is 0.889. The van der Waals surface area contributed by atoms with E-state index in [-0.39, 0.29) is 0 Å². The predicted octanol–water partition coefficient (Wildman–Crippen LogP) is -0.341. The van der Waals surface area contributed by atoms with Crippen molar-refractivity contribution in [2.24, 2.45) is 0 Å². The van der Waals surface area contributed by atoms with Crippen LogP contribution in [0.2, 0.25) is 0 Å². The van der Waals surface area contributed by atoms with E-state index in [1.165, 1.54) is 0 Å². The number of rotatable bonds is 4. The second-order valence-electron chi connectivity index (χ2n) is 3.45. The third kappa shape index (κ3) is 3.85. The number of likely N-dealkylation sites (tertiary alicyclic amines) is 1. The Labute approximate surface area is 78.5 Å². The predicted molar refractivity (Wildman–Crippen MR) is 48.6 cm³/mol. The van der Waals surface area contributed by atoms with E-state index in [1.807, 2.05) is 0 Å². The summed E-state index contributed by atoms with van der Waals surface area (Å²) in [6.07, 6.45) is 0.817. The first kappa shape index (κ1) is 10.6. The minimum absolute atomic E-state index is 0.331. The van der Waals surface area contributed by atoms with Gasteiger partial charge in [0, 0.05) is 39.6 Å². The summed E-state index contributed by atoms with van der Waals surface area (Å²) in [6.45, 7) is 2.53. The lowest BCUT2D eigenvalue weighted by atomic mass is 10.1. The van der Waals surface area contributed by atoms with E-state index in [4.69, 9.17) is 4.74 Å². The zero-order chi connectivity index (χ0) is 9.68. The van der Waals surface area contributed by atoms with Crippen LogP contribution in [0.4, 0.5) is 0 Å². The van der Waals surface area contributed by atoms with E-state index in [2.05, 4.69) is 4.90 Å². The Bertz CT molecular complexity index is 162. The van der Waals surface area contributed by atoms with Crippen LogP contribution in [0.25, 0.3) is 0 Å². The molecule has 0 bridgehead atoms. The quantitative estimate of drug-likeness (QED) is 0.654. The molecule has 1 rings (SSSR count). The number of carbonyl (C=O) groups is 1. The van der Waals surface area contributed by atoms with Gasteiger partial charge in [-0.15, -0.1) is 0 Å². The first-order valence-electron chi connectivity index (χ1n) is 4.63. The molecular formula is C9H17NO3. The second-order valence-corrected chi connectivity index (χ2v) is 3.45. The summed E-state index contributed by atoms with van der Waals surface area (Å²) in [5, 5.41) is 9.42. The van der Waals surface area contributed by atoms with Gasteiger partial charge in [-0.25, -0.2) is 0 Å². The number of piperidine rings is 1. The molecule has 0 radical (unpaired) electrons. The first-order chi connectivity index (χ1) is 6.22. The monoisotopic (exact) mass is 187 g/mol. The molecule has 1 saturated heterocycles. The number of nitrogens with zero attached hydrogens (tertiary/aromatic N) is 1. The van der Waals surface area contributed by atoms with Crippen LogP contribution in [0.1, 0.15) is 12.8 Å². The summed E-state index contributed by atoms with van der Waals surface area (Å²) < 4.78 is 4.82. The van der Waals surface area contributed by atoms with E-state index >= 15 is 0 Å². The van der Waals surface area contributed by atoms with Gasteiger partial charge in [-0.3, -0.25) is 9.69 Å². The molecular weight excluding hydrogens is 170 g/mol. The van der Waals surface area contributed by atoms with Gasteiger partial charge in [-0.05, 0) is 0 Å². The molecule has 1 aliphatic heterocycles. The van der Waals surface area contributed by atoms with E-state index in [1.54, 1.807) is 7.11 Å². The molecule has 13 heavy (non-hydrogen) atoms. The average Bonchev–Trinajstić information content (AvgIpc) is 2.09. The summed E-state index contributed by atoms with van der Waals surface area (Å²) >= 11 is 0. The molecule has 0 aromatic heterocycles. The number of hydrogen-bond acceptors (Lipinski definition) is 4. The van der Waals surface area contributed by atoms with Gasteiger partial charge in [-0.1, -0.05) is 0 Å². The van der Waals surface area contributed by atoms with Crippen molar-refractivity contribution in [1.82, 2.24) is 4.90 Å². The normalized spacial score (nSPS) is 21.8. The summed E-state index contributed by atoms with van der Waals surface area (Å²) in [7, 11) is 1.57. The van der Waals surface area contributed by atoms with Crippen LogP contribution >= 0.6 is 0 Å². The lowest BCUT2D eigenvalue weighted by Crippen LogP contribution is -2.40. The van der Waals surface area contributed by atoms with Gasteiger partial charge < -0.3 is 9.84 Å². The highest BCUT2D eigenvalue weighted by Gasteiger charge is 2.18. The number of β-amino-alcohol motifs (C(OH)–C–C–N with tert-alkyl or cyclic N) is 1. The van der Waals surface area contributed by atoms with E-state index < -0.39 is 6.10 Å². The van der Waals surface area contributed by atoms with Crippen LogP contribution in [-0.4, -0.2) is 55.2 Å². The van der Waals surface area contributed by atoms with Crippen molar-refractivity contribution < 1.29 is 14.6 Å². The molecule has 0 aromatic carbocycles. The molecule has 1 aliphatic rings. The number of carbonyl (C=O) groups excluding carboxylic acids is 1. The molecule has 0 aliphatic carbocycles. The fourth-order valence-electron chi connectivity index (χ4n) is 1.53. The number of ketones is 1. The molecule has 0 spiro atoms. The second kappa shape index (κ2) is 5.32. The van der Waals surface area contributed by atoms with Gasteiger partial charge in [0.15, 0.2) is 0 Å². The SMILES string of the molecule is COCC(O)CN1CCC(=O)CC1. The molecule has 1 fully saturated rings. The summed E-state index contributed by atoms with van der Waals surface area (Å²) in [4.78, 5) is 13.0. The molecule has 4 nitrogen and oxygen atoms in total. The van der Waals surface area contributed by atoms with Crippen LogP contribution in [0.5, 0.6) is 0 Å². The fourth-order valence-corrected chi connectivity index (χ4v) is 1.53. The Morgan fingerprint density at radius 2 is 2.15 bits per heavy atom. The zero-order valence-corrected chi connectivity index (χ0v) is 8.03. The minimum Gasteiger partial charge on any atom is -0.389 e. The lowest BCUT2D eigenvalue weighted by Gasteiger charge is -2.27. The Morgan fingerprint density at radius 1 is 1.54 bits per heavy atom. The van der Waals surface area contributed by atoms with E-state index in [9.17, 15) is 9.90 Å². The highest BCUT2D eigenvalue weighted by molar-refractivity contribution is 5.79. The van der Waals surface area contributed by atoms with Crippen molar-refractivity contribution in [3.8, 4) is 0 Å². The molecule has 4 heteroatoms. The molecule has 0 saturated carbocycles. The van der Waals surface area contributed by atoms with Gasteiger partial charge >= 0.3 is 0 Å². The van der Waals surface area contributed by atoms with Crippen molar-refractivity contribution in [1.29, 1.82) is 0 Å². The van der Waals surface area contributed by atoms with Crippen LogP contribution in [0, 0.1) is 0 Å². The molecule has 1 unspecified atom stereocenters. The first-order valence-corrected chi connectivity index (χ1v) is 4.63. The maximum absolute atomic E-state index is 10.9. The number of aliphatic hydroxyl groups is 1. The third-order valence-electron chi connectivity index (χ3n) is 2.24. The van der Waals surface area contributed by atoms with Gasteiger partial charge in [-0.2, -0.15) is 0 Å². The number of ether oxygens (including phenoxy) is 1. The summed E-state index contributed by atoms with van der Waals surface area (Å²) in [5.41, 5.74) is 0. The lowest BCUT2D eigenvalue weighted by molar-refractivity contribution is -0.121. The smallest absolute Gasteiger partial charge is 0.135 e. The van der Waals surface area contributed by atoms with E-state index in [0.29, 0.717) is 31.8 Å². The van der Waals surface area contributed by atoms with Crippen molar-refractivity contribution in [2.45, 2.75) is 18.9 Å². The molecule has 0 aromatic rings. The molecule has 0 amide bonds. The topological polar surface area (TPSA) is 49.8 Å². The van der Waals surface area contributed by atoms with E-state index in [0.717, 1.165) is 13.1 Å². The van der Waals surface area contributed by atoms with Crippen molar-refractivity contribution >= 4 is 5.78 Å². The minimum atomic E-state index is -0.432. The van der Waals surface area contributed by atoms with Gasteiger partial charge in [0.25, 0.3) is 0 Å². The highest BCUT2D eigenvalue weighted by Crippen LogP contribution is 2.05. The number of Topliss-reactive ketones (excluding diaryl/α,β-unsaturated/α-hetero) is 1. The maximum atomic E-state index is 10.9. The number of aliphatic hydroxyl groups excluding tert-OH is 1. The van der Waals surface area contributed by atoms with Gasteiger partial charge in [0.2, 0.25) is 0 Å². The largest absolute Gasteiger partial charge is 0.389 e. The Balaban J connectivity index is 2.18. The van der Waals surface area contributed by atoms with Gasteiger partial charge in [0.05, 0.1) is 12.7 Å². The van der Waals surface area contributed by atoms with Crippen LogP contribution in [0.3, 0.4) is 0 Å². The molecule has 1 heterocycles. The average molecular weight is 187 g/mol. The van der Waals surface area contributed by atoms with Crippen molar-refractivity contribution in [2.75, 3.05) is 33.4 Å². The summed E-state index contributed by atoms with van der Waals surface area (Å²) in [6, 6.07) is 0. The summed E-state index contributed by atoms with van der Waals surface area (Å²) in [5.74, 6) is 0.331. The maximum Gasteiger partial charge on any atom is 0.135 e. The Kier molecular flexibility index (Phi) is 4.35. The highest BCUT2D eigenvalue weighted by atomic mass is 16.5. The van der Waals surface area contributed by atoms with Crippen LogP contribution in [0.15, 0.2) is 0 Å². The van der Waals surface area contributed by atoms with Crippen molar-refractivity contribution in [3.05, 3.63) is 0 Å². The standard InChI is InChI=1S/C9H17NO3/c1-13-7-9(12)6-10-4-2-8(11)3-5-10/h9,12H,2-7H2,1H3. The third-order valence-corrected chi connectivity index (χ3v) is 2.24. The Hall–Kier alpha value is -0.450. The zero-order valence-electron chi connectivity index (χ0n) is 8.03. The Morgan fingerprint density at radius 3 is 2.69 bits per heavy atom. The van der Waals surface area contributed by atoms with Crippen LogP contribution < -0.4 is 0 Å². The van der Waals surface area contributed by atoms with Crippen molar-refractivity contribution in [3.63, 3.8) is 0 Å². The number of hydrogen-bond donors (Lipinski definition) is 1. The molecule has 1 N–H and O–H groups in total. The molecule has 1 atom stereocenters. The van der Waals surface area contributed by atoms with Gasteiger partial charge in [0.1, 0.15) is 5.78 Å². The number of methoxy groups -OCH3 is 1. The molecule has 76 valence electrons.